The minimum atomic E-state index is -0.904. The number of carbonyl (C=O) groups excluding carboxylic acids is 1. The lowest BCUT2D eigenvalue weighted by molar-refractivity contribution is -0.137. The maximum atomic E-state index is 12.7. The molecule has 0 radical (unpaired) electrons. The van der Waals surface area contributed by atoms with Crippen molar-refractivity contribution in [2.75, 3.05) is 20.3 Å². The van der Waals surface area contributed by atoms with Crippen LogP contribution in [0.4, 0.5) is 0 Å². The molecule has 2 aromatic carbocycles. The van der Waals surface area contributed by atoms with Crippen molar-refractivity contribution in [2.24, 2.45) is 0 Å². The van der Waals surface area contributed by atoms with E-state index in [2.05, 4.69) is 0 Å². The zero-order chi connectivity index (χ0) is 18.5. The molecule has 0 atom stereocenters. The Morgan fingerprint density at radius 2 is 1.92 bits per heavy atom. The fourth-order valence-electron chi connectivity index (χ4n) is 2.56. The highest BCUT2D eigenvalue weighted by molar-refractivity contribution is 6.14. The molecule has 2 aromatic rings. The Morgan fingerprint density at radius 3 is 2.62 bits per heavy atom. The second-order valence-corrected chi connectivity index (χ2v) is 5.71. The smallest absolute Gasteiger partial charge is 0.306 e. The molecule has 0 aromatic heterocycles. The highest BCUT2D eigenvalue weighted by Crippen LogP contribution is 2.31. The van der Waals surface area contributed by atoms with Crippen LogP contribution in [0.3, 0.4) is 0 Å². The molecule has 3 rings (SSSR count). The van der Waals surface area contributed by atoms with Gasteiger partial charge in [-0.1, -0.05) is 12.1 Å². The average Bonchev–Trinajstić information content (AvgIpc) is 2.65. The summed E-state index contributed by atoms with van der Waals surface area (Å²) in [5, 5.41) is 8.61. The van der Waals surface area contributed by atoms with E-state index in [1.807, 2.05) is 0 Å². The molecule has 26 heavy (non-hydrogen) atoms. The van der Waals surface area contributed by atoms with Crippen LogP contribution < -0.4 is 14.2 Å². The van der Waals surface area contributed by atoms with Crippen LogP contribution in [0, 0.1) is 0 Å². The molecule has 6 heteroatoms. The Bertz CT molecular complexity index is 851. The van der Waals surface area contributed by atoms with Crippen molar-refractivity contribution in [1.82, 2.24) is 0 Å². The third-order valence-corrected chi connectivity index (χ3v) is 3.91. The summed E-state index contributed by atoms with van der Waals surface area (Å²) in [4.78, 5) is 23.2. The number of carboxylic acids is 1. The molecule has 0 unspecified atom stereocenters. The topological polar surface area (TPSA) is 82.1 Å². The summed E-state index contributed by atoms with van der Waals surface area (Å²) in [5.74, 6) is 0.737. The van der Waals surface area contributed by atoms with Gasteiger partial charge in [0, 0.05) is 5.57 Å². The van der Waals surface area contributed by atoms with Gasteiger partial charge < -0.3 is 19.3 Å². The van der Waals surface area contributed by atoms with E-state index in [1.165, 1.54) is 0 Å². The van der Waals surface area contributed by atoms with Gasteiger partial charge in [0.15, 0.2) is 5.78 Å². The zero-order valence-electron chi connectivity index (χ0n) is 14.2. The molecule has 0 saturated heterocycles. The number of fused-ring (bicyclic) bond motifs is 1. The van der Waals surface area contributed by atoms with E-state index >= 15 is 0 Å². The van der Waals surface area contributed by atoms with Crippen LogP contribution in [0.1, 0.15) is 22.3 Å². The van der Waals surface area contributed by atoms with Gasteiger partial charge in [-0.2, -0.15) is 0 Å². The number of ketones is 1. The lowest BCUT2D eigenvalue weighted by Gasteiger charge is -2.19. The Morgan fingerprint density at radius 1 is 1.19 bits per heavy atom. The SMILES string of the molecule is COc1ccc2c(c1)C(=O)/C(=C/c1ccc(OCCC(=O)O)cc1)CO2. The largest absolute Gasteiger partial charge is 0.497 e. The van der Waals surface area contributed by atoms with Gasteiger partial charge in [0.1, 0.15) is 23.9 Å². The molecule has 0 fully saturated rings. The number of aliphatic carboxylic acids is 1. The van der Waals surface area contributed by atoms with Crippen LogP contribution >= 0.6 is 0 Å². The lowest BCUT2D eigenvalue weighted by Crippen LogP contribution is -2.19. The van der Waals surface area contributed by atoms with Gasteiger partial charge in [0.05, 0.1) is 25.7 Å². The molecular weight excluding hydrogens is 336 g/mol. The van der Waals surface area contributed by atoms with Gasteiger partial charge in [-0.05, 0) is 42.0 Å². The zero-order valence-corrected chi connectivity index (χ0v) is 14.2. The van der Waals surface area contributed by atoms with E-state index in [9.17, 15) is 9.59 Å². The number of carbonyl (C=O) groups is 2. The molecule has 0 saturated carbocycles. The average molecular weight is 354 g/mol. The number of rotatable bonds is 6. The molecule has 134 valence electrons. The Kier molecular flexibility index (Phi) is 5.22. The molecule has 6 nitrogen and oxygen atoms in total. The number of Topliss-reactive ketones (excluding diaryl/α,β-unsaturated/α-hetero) is 1. The molecule has 0 spiro atoms. The first-order valence-electron chi connectivity index (χ1n) is 8.07. The van der Waals surface area contributed by atoms with Crippen molar-refractivity contribution in [1.29, 1.82) is 0 Å². The molecule has 0 aliphatic carbocycles. The summed E-state index contributed by atoms with van der Waals surface area (Å²) in [7, 11) is 1.55. The van der Waals surface area contributed by atoms with E-state index in [0.29, 0.717) is 28.4 Å². The van der Waals surface area contributed by atoms with Gasteiger partial charge in [0.2, 0.25) is 0 Å². The van der Waals surface area contributed by atoms with Crippen molar-refractivity contribution < 1.29 is 28.9 Å². The van der Waals surface area contributed by atoms with Crippen LogP contribution in [0.25, 0.3) is 6.08 Å². The predicted octanol–water partition coefficient (Wildman–Crippen LogP) is 3.21. The number of carboxylic acid groups (broad SMARTS) is 1. The van der Waals surface area contributed by atoms with Crippen LogP contribution in [0.2, 0.25) is 0 Å². The molecule has 1 heterocycles. The quantitative estimate of drug-likeness (QED) is 0.802. The first-order chi connectivity index (χ1) is 12.6. The summed E-state index contributed by atoms with van der Waals surface area (Å²) in [6.45, 7) is 0.315. The molecular formula is C20H18O6. The lowest BCUT2D eigenvalue weighted by atomic mass is 9.98. The number of benzene rings is 2. The maximum Gasteiger partial charge on any atom is 0.306 e. The number of methoxy groups -OCH3 is 1. The predicted molar refractivity (Wildman–Crippen MR) is 95.0 cm³/mol. The van der Waals surface area contributed by atoms with Crippen LogP contribution in [-0.4, -0.2) is 37.2 Å². The summed E-state index contributed by atoms with van der Waals surface area (Å²) >= 11 is 0. The highest BCUT2D eigenvalue weighted by atomic mass is 16.5. The molecule has 0 bridgehead atoms. The summed E-state index contributed by atoms with van der Waals surface area (Å²) in [6.07, 6.45) is 1.71. The Hall–Kier alpha value is -3.28. The summed E-state index contributed by atoms with van der Waals surface area (Å²) < 4.78 is 16.2. The Balaban J connectivity index is 1.73. The van der Waals surface area contributed by atoms with E-state index < -0.39 is 5.97 Å². The number of hydrogen-bond donors (Lipinski definition) is 1. The molecule has 1 aliphatic heterocycles. The normalized spacial score (nSPS) is 14.5. The second-order valence-electron chi connectivity index (χ2n) is 5.71. The van der Waals surface area contributed by atoms with Crippen molar-refractivity contribution >= 4 is 17.8 Å². The van der Waals surface area contributed by atoms with E-state index in [1.54, 1.807) is 55.7 Å². The van der Waals surface area contributed by atoms with Gasteiger partial charge in [-0.15, -0.1) is 0 Å². The van der Waals surface area contributed by atoms with Gasteiger partial charge >= 0.3 is 5.97 Å². The van der Waals surface area contributed by atoms with Gasteiger partial charge in [-0.25, -0.2) is 0 Å². The Labute approximate surface area is 150 Å². The fourth-order valence-corrected chi connectivity index (χ4v) is 2.56. The van der Waals surface area contributed by atoms with Gasteiger partial charge in [-0.3, -0.25) is 9.59 Å². The summed E-state index contributed by atoms with van der Waals surface area (Å²) in [5.41, 5.74) is 1.86. The van der Waals surface area contributed by atoms with Crippen LogP contribution in [-0.2, 0) is 4.79 Å². The first kappa shape index (κ1) is 17.5. The highest BCUT2D eigenvalue weighted by Gasteiger charge is 2.23. The van der Waals surface area contributed by atoms with Crippen LogP contribution in [0.5, 0.6) is 17.2 Å². The minimum Gasteiger partial charge on any atom is -0.497 e. The summed E-state index contributed by atoms with van der Waals surface area (Å²) in [6, 6.07) is 12.2. The molecule has 1 N–H and O–H groups in total. The monoisotopic (exact) mass is 354 g/mol. The first-order valence-corrected chi connectivity index (χ1v) is 8.07. The molecule has 0 amide bonds. The van der Waals surface area contributed by atoms with Crippen molar-refractivity contribution in [2.45, 2.75) is 6.42 Å². The molecule has 1 aliphatic rings. The number of hydrogen-bond acceptors (Lipinski definition) is 5. The standard InChI is InChI=1S/C20H18O6/c1-24-16-6-7-18-17(11-16)20(23)14(12-26-18)10-13-2-4-15(5-3-13)25-9-8-19(21)22/h2-7,10-11H,8-9,12H2,1H3,(H,21,22)/b14-10+. The fraction of sp³-hybridized carbons (Fsp3) is 0.200. The van der Waals surface area contributed by atoms with Crippen molar-refractivity contribution in [3.05, 3.63) is 59.2 Å². The van der Waals surface area contributed by atoms with Crippen molar-refractivity contribution in [3.63, 3.8) is 0 Å². The van der Waals surface area contributed by atoms with Gasteiger partial charge in [0.25, 0.3) is 0 Å². The second kappa shape index (κ2) is 7.74. The number of ether oxygens (including phenoxy) is 3. The minimum absolute atomic E-state index is 0.0550. The van der Waals surface area contributed by atoms with Crippen LogP contribution in [0.15, 0.2) is 48.0 Å². The van der Waals surface area contributed by atoms with Crippen molar-refractivity contribution in [3.8, 4) is 17.2 Å². The third kappa shape index (κ3) is 4.03. The van der Waals surface area contributed by atoms with E-state index in [-0.39, 0.29) is 25.4 Å². The van der Waals surface area contributed by atoms with E-state index in [4.69, 9.17) is 19.3 Å². The van der Waals surface area contributed by atoms with E-state index in [0.717, 1.165) is 5.56 Å². The maximum absolute atomic E-state index is 12.7. The third-order valence-electron chi connectivity index (χ3n) is 3.91.